The SMILES string of the molecule is C#Cc1ccc(C(C(=O)NC(Cc2ccccc2)C(=O)OC(C)(C)C)N(C(=O)C(Cc2ccc(O)cc2)NC(=O)OC(C)(C)C)C(C)(C)C)cc1. The van der Waals surface area contributed by atoms with E-state index >= 15 is 0 Å². The Kier molecular flexibility index (Phi) is 13.1. The lowest BCUT2D eigenvalue weighted by atomic mass is 9.93. The second-order valence-corrected chi connectivity index (χ2v) is 15.4. The summed E-state index contributed by atoms with van der Waals surface area (Å²) in [6.45, 7) is 15.7. The standard InChI is InChI=1S/C41H51N3O7/c1-11-27-17-21-30(22-18-27)34(35(46)42-33(37(48)50-40(5,6)7)26-28-15-13-12-14-16-28)44(39(2,3)4)36(47)32(43-38(49)51-41(8,9)10)25-29-19-23-31(45)24-20-29/h1,12-24,32-34,45H,25-26H2,2-10H3,(H,42,46)(H,43,49). The lowest BCUT2D eigenvalue weighted by Gasteiger charge is -2.43. The second-order valence-electron chi connectivity index (χ2n) is 15.4. The summed E-state index contributed by atoms with van der Waals surface area (Å²) in [7, 11) is 0. The van der Waals surface area contributed by atoms with Crippen LogP contribution < -0.4 is 10.6 Å². The second kappa shape index (κ2) is 16.6. The Morgan fingerprint density at radius 1 is 0.725 bits per heavy atom. The molecule has 0 radical (unpaired) electrons. The van der Waals surface area contributed by atoms with E-state index in [2.05, 4.69) is 16.6 Å². The van der Waals surface area contributed by atoms with Crippen molar-refractivity contribution in [3.05, 3.63) is 101 Å². The van der Waals surface area contributed by atoms with Gasteiger partial charge in [-0.2, -0.15) is 0 Å². The summed E-state index contributed by atoms with van der Waals surface area (Å²) in [6.07, 6.45) is 4.97. The van der Waals surface area contributed by atoms with Crippen molar-refractivity contribution in [2.45, 2.75) is 110 Å². The van der Waals surface area contributed by atoms with Gasteiger partial charge in [-0.3, -0.25) is 9.59 Å². The minimum atomic E-state index is -1.28. The number of esters is 1. The van der Waals surface area contributed by atoms with E-state index in [0.717, 1.165) is 5.56 Å². The molecule has 0 spiro atoms. The molecule has 0 aliphatic rings. The highest BCUT2D eigenvalue weighted by Gasteiger charge is 2.43. The van der Waals surface area contributed by atoms with E-state index in [-0.39, 0.29) is 18.6 Å². The Morgan fingerprint density at radius 3 is 1.76 bits per heavy atom. The maximum absolute atomic E-state index is 14.9. The van der Waals surface area contributed by atoms with Crippen molar-refractivity contribution in [1.82, 2.24) is 15.5 Å². The van der Waals surface area contributed by atoms with Gasteiger partial charge in [0.2, 0.25) is 11.8 Å². The number of phenolic OH excluding ortho intramolecular Hbond substituents is 1. The van der Waals surface area contributed by atoms with Crippen molar-refractivity contribution < 1.29 is 33.8 Å². The lowest BCUT2D eigenvalue weighted by molar-refractivity contribution is -0.159. The molecule has 3 N–H and O–H groups in total. The molecule has 51 heavy (non-hydrogen) atoms. The van der Waals surface area contributed by atoms with Crippen LogP contribution in [0.15, 0.2) is 78.9 Å². The van der Waals surface area contributed by atoms with Crippen LogP contribution in [0.1, 0.15) is 90.6 Å². The van der Waals surface area contributed by atoms with Crippen LogP contribution >= 0.6 is 0 Å². The Balaban J connectivity index is 2.16. The third-order valence-electron chi connectivity index (χ3n) is 7.52. The number of ether oxygens (including phenoxy) is 2. The molecule has 3 aromatic rings. The maximum atomic E-state index is 14.9. The van der Waals surface area contributed by atoms with Crippen LogP contribution in [-0.4, -0.2) is 62.7 Å². The number of hydrogen-bond donors (Lipinski definition) is 3. The zero-order valence-corrected chi connectivity index (χ0v) is 31.1. The molecular weight excluding hydrogens is 646 g/mol. The van der Waals surface area contributed by atoms with Crippen LogP contribution in [0.5, 0.6) is 5.75 Å². The topological polar surface area (TPSA) is 134 Å². The molecule has 0 aliphatic carbocycles. The summed E-state index contributed by atoms with van der Waals surface area (Å²) in [5.74, 6) is 0.754. The van der Waals surface area contributed by atoms with Crippen molar-refractivity contribution in [1.29, 1.82) is 0 Å². The predicted molar refractivity (Wildman–Crippen MR) is 197 cm³/mol. The first kappa shape index (κ1) is 40.1. The van der Waals surface area contributed by atoms with Crippen LogP contribution in [0.2, 0.25) is 0 Å². The Hall–Kier alpha value is -5.30. The van der Waals surface area contributed by atoms with Crippen molar-refractivity contribution in [2.75, 3.05) is 0 Å². The van der Waals surface area contributed by atoms with Gasteiger partial charge in [0, 0.05) is 23.9 Å². The van der Waals surface area contributed by atoms with E-state index in [9.17, 15) is 24.3 Å². The van der Waals surface area contributed by atoms with Crippen LogP contribution in [0.4, 0.5) is 4.79 Å². The van der Waals surface area contributed by atoms with Crippen LogP contribution in [0.25, 0.3) is 0 Å². The first-order valence-electron chi connectivity index (χ1n) is 16.9. The third-order valence-corrected chi connectivity index (χ3v) is 7.52. The normalized spacial score (nSPS) is 13.5. The fraction of sp³-hybridized carbons (Fsp3) is 0.415. The molecule has 0 aliphatic heterocycles. The predicted octanol–water partition coefficient (Wildman–Crippen LogP) is 6.25. The molecule has 3 rings (SSSR count). The highest BCUT2D eigenvalue weighted by atomic mass is 16.6. The number of phenols is 1. The first-order valence-corrected chi connectivity index (χ1v) is 16.9. The number of amides is 3. The molecule has 3 aromatic carbocycles. The number of hydrogen-bond acceptors (Lipinski definition) is 7. The van der Waals surface area contributed by atoms with Crippen molar-refractivity contribution >= 4 is 23.9 Å². The maximum Gasteiger partial charge on any atom is 0.408 e. The monoisotopic (exact) mass is 697 g/mol. The Bertz CT molecular complexity index is 1690. The van der Waals surface area contributed by atoms with Gasteiger partial charge >= 0.3 is 12.1 Å². The highest BCUT2D eigenvalue weighted by molar-refractivity contribution is 5.94. The Labute approximate surface area is 301 Å². The molecule has 0 bridgehead atoms. The third kappa shape index (κ3) is 12.5. The minimum Gasteiger partial charge on any atom is -0.508 e. The molecular formula is C41H51N3O7. The number of carbonyl (C=O) groups is 4. The van der Waals surface area contributed by atoms with E-state index < -0.39 is 58.7 Å². The van der Waals surface area contributed by atoms with Gasteiger partial charge in [0.25, 0.3) is 0 Å². The fourth-order valence-electron chi connectivity index (χ4n) is 5.38. The summed E-state index contributed by atoms with van der Waals surface area (Å²) >= 11 is 0. The van der Waals surface area contributed by atoms with E-state index in [1.165, 1.54) is 17.0 Å². The number of alkyl carbamates (subject to hydrolysis) is 1. The molecule has 0 aromatic heterocycles. The molecule has 3 unspecified atom stereocenters. The quantitative estimate of drug-likeness (QED) is 0.159. The first-order chi connectivity index (χ1) is 23.7. The minimum absolute atomic E-state index is 0.0177. The number of rotatable bonds is 11. The van der Waals surface area contributed by atoms with Gasteiger partial charge in [-0.05, 0) is 103 Å². The van der Waals surface area contributed by atoms with Gasteiger partial charge in [0.15, 0.2) is 0 Å². The molecule has 10 nitrogen and oxygen atoms in total. The molecule has 0 saturated carbocycles. The summed E-state index contributed by atoms with van der Waals surface area (Å²) in [5, 5.41) is 15.5. The number of aromatic hydroxyl groups is 1. The average molecular weight is 698 g/mol. The van der Waals surface area contributed by atoms with Crippen LogP contribution in [0, 0.1) is 12.3 Å². The molecule has 272 valence electrons. The summed E-state index contributed by atoms with van der Waals surface area (Å²) in [4.78, 5) is 57.8. The van der Waals surface area contributed by atoms with Gasteiger partial charge in [0.1, 0.15) is 35.1 Å². The average Bonchev–Trinajstić information content (AvgIpc) is 3.02. The van der Waals surface area contributed by atoms with Gasteiger partial charge in [-0.25, -0.2) is 9.59 Å². The van der Waals surface area contributed by atoms with E-state index in [1.54, 1.807) is 98.7 Å². The van der Waals surface area contributed by atoms with E-state index in [0.29, 0.717) is 16.7 Å². The molecule has 10 heteroatoms. The van der Waals surface area contributed by atoms with Crippen LogP contribution in [-0.2, 0) is 36.7 Å². The summed E-state index contributed by atoms with van der Waals surface area (Å²) in [5.41, 5.74) is -0.253. The fourth-order valence-corrected chi connectivity index (χ4v) is 5.38. The Morgan fingerprint density at radius 2 is 1.25 bits per heavy atom. The number of terminal acetylenes is 1. The molecule has 3 atom stereocenters. The van der Waals surface area contributed by atoms with Gasteiger partial charge in [0.05, 0.1) is 0 Å². The zero-order chi connectivity index (χ0) is 38.1. The molecule has 0 fully saturated rings. The molecule has 0 saturated heterocycles. The number of benzene rings is 3. The van der Waals surface area contributed by atoms with Crippen LogP contribution in [0.3, 0.4) is 0 Å². The summed E-state index contributed by atoms with van der Waals surface area (Å²) in [6, 6.07) is 18.6. The van der Waals surface area contributed by atoms with Crippen molar-refractivity contribution in [3.8, 4) is 18.1 Å². The molecule has 0 heterocycles. The smallest absolute Gasteiger partial charge is 0.408 e. The van der Waals surface area contributed by atoms with Crippen molar-refractivity contribution in [3.63, 3.8) is 0 Å². The zero-order valence-electron chi connectivity index (χ0n) is 31.1. The lowest BCUT2D eigenvalue weighted by Crippen LogP contribution is -2.60. The van der Waals surface area contributed by atoms with E-state index in [1.807, 2.05) is 30.3 Å². The number of nitrogens with one attached hydrogen (secondary N) is 2. The van der Waals surface area contributed by atoms with Gasteiger partial charge in [-0.1, -0.05) is 60.5 Å². The largest absolute Gasteiger partial charge is 0.508 e. The summed E-state index contributed by atoms with van der Waals surface area (Å²) < 4.78 is 11.2. The molecule has 3 amide bonds. The number of nitrogens with zero attached hydrogens (tertiary/aromatic N) is 1. The van der Waals surface area contributed by atoms with Gasteiger partial charge in [-0.15, -0.1) is 6.42 Å². The van der Waals surface area contributed by atoms with E-state index in [4.69, 9.17) is 15.9 Å². The highest BCUT2D eigenvalue weighted by Crippen LogP contribution is 2.31. The number of carbonyl (C=O) groups excluding carboxylic acids is 4. The van der Waals surface area contributed by atoms with Crippen molar-refractivity contribution in [2.24, 2.45) is 0 Å². The van der Waals surface area contributed by atoms with Gasteiger partial charge < -0.3 is 30.1 Å².